The number of nitrogens with zero attached hydrogens (tertiary/aromatic N) is 1. The number of nitrogens with one attached hydrogen (secondary N) is 1. The Morgan fingerprint density at radius 3 is 2.64 bits per heavy atom. The van der Waals surface area contributed by atoms with Gasteiger partial charge in [0.2, 0.25) is 0 Å². The van der Waals surface area contributed by atoms with Gasteiger partial charge in [-0.25, -0.2) is 4.79 Å². The molecule has 1 aromatic rings. The third kappa shape index (κ3) is 5.18. The van der Waals surface area contributed by atoms with Crippen molar-refractivity contribution in [1.29, 1.82) is 5.26 Å². The van der Waals surface area contributed by atoms with Crippen molar-refractivity contribution in [2.45, 2.75) is 63.3 Å². The molecule has 0 saturated heterocycles. The van der Waals surface area contributed by atoms with E-state index in [-0.39, 0.29) is 13.0 Å². The van der Waals surface area contributed by atoms with Crippen LogP contribution in [0.4, 0.5) is 4.79 Å². The molecule has 0 heterocycles. The molecule has 6 nitrogen and oxygen atoms in total. The zero-order valence-electron chi connectivity index (χ0n) is 15.0. The summed E-state index contributed by atoms with van der Waals surface area (Å²) in [5.41, 5.74) is 0.440. The molecule has 2 unspecified atom stereocenters. The van der Waals surface area contributed by atoms with E-state index in [9.17, 15) is 20.3 Å². The number of hydrogen-bond donors (Lipinski definition) is 3. The fourth-order valence-corrected chi connectivity index (χ4v) is 2.63. The third-order valence-corrected chi connectivity index (χ3v) is 4.22. The zero-order valence-corrected chi connectivity index (χ0v) is 15.0. The number of amides is 1. The minimum absolute atomic E-state index is 0.189. The summed E-state index contributed by atoms with van der Waals surface area (Å²) in [5.74, 6) is 0. The molecule has 0 aromatic heterocycles. The second-order valence-electron chi connectivity index (χ2n) is 7.55. The predicted molar refractivity (Wildman–Crippen MR) is 92.8 cm³/mol. The molecule has 6 heteroatoms. The maximum Gasteiger partial charge on any atom is 0.407 e. The Balaban J connectivity index is 1.88. The molecule has 0 radical (unpaired) electrons. The highest BCUT2D eigenvalue weighted by molar-refractivity contribution is 5.67. The van der Waals surface area contributed by atoms with Gasteiger partial charge in [-0.15, -0.1) is 0 Å². The van der Waals surface area contributed by atoms with Gasteiger partial charge in [-0.3, -0.25) is 0 Å². The maximum atomic E-state index is 11.6. The number of benzene rings is 1. The molecule has 2 atom stereocenters. The van der Waals surface area contributed by atoms with Crippen molar-refractivity contribution in [2.75, 3.05) is 6.54 Å². The van der Waals surface area contributed by atoms with Gasteiger partial charge in [-0.2, -0.15) is 5.26 Å². The van der Waals surface area contributed by atoms with Crippen LogP contribution in [0.1, 0.15) is 57.3 Å². The van der Waals surface area contributed by atoms with Gasteiger partial charge in [0.15, 0.2) is 0 Å². The van der Waals surface area contributed by atoms with E-state index in [4.69, 9.17) is 4.74 Å². The normalized spacial score (nSPS) is 17.9. The third-order valence-electron chi connectivity index (χ3n) is 4.22. The highest BCUT2D eigenvalue weighted by Crippen LogP contribution is 2.47. The van der Waals surface area contributed by atoms with Gasteiger partial charge in [0, 0.05) is 6.54 Å². The van der Waals surface area contributed by atoms with Crippen LogP contribution in [-0.4, -0.2) is 34.6 Å². The van der Waals surface area contributed by atoms with Crippen LogP contribution in [0, 0.1) is 11.3 Å². The van der Waals surface area contributed by atoms with Crippen molar-refractivity contribution >= 4 is 6.09 Å². The molecule has 1 aromatic carbocycles. The second-order valence-corrected chi connectivity index (χ2v) is 7.55. The molecule has 1 fully saturated rings. The monoisotopic (exact) mass is 346 g/mol. The van der Waals surface area contributed by atoms with Crippen LogP contribution in [-0.2, 0) is 10.2 Å². The topological polar surface area (TPSA) is 103 Å². The molecule has 1 amide bonds. The maximum absolute atomic E-state index is 11.6. The molecule has 25 heavy (non-hydrogen) atoms. The number of rotatable bonds is 6. The summed E-state index contributed by atoms with van der Waals surface area (Å²) in [6.07, 6.45) is -0.816. The lowest BCUT2D eigenvalue weighted by molar-refractivity contribution is 0.0122. The number of nitriles is 1. The molecule has 1 saturated carbocycles. The quantitative estimate of drug-likeness (QED) is 0.734. The number of aliphatic hydroxyl groups is 2. The van der Waals surface area contributed by atoms with Crippen LogP contribution in [0.25, 0.3) is 0 Å². The summed E-state index contributed by atoms with van der Waals surface area (Å²) in [7, 11) is 0. The molecule has 3 N–H and O–H groups in total. The summed E-state index contributed by atoms with van der Waals surface area (Å²) >= 11 is 0. The largest absolute Gasteiger partial charge is 0.444 e. The second kappa shape index (κ2) is 7.42. The van der Waals surface area contributed by atoms with Gasteiger partial charge < -0.3 is 20.3 Å². The van der Waals surface area contributed by atoms with Gasteiger partial charge in [0.25, 0.3) is 0 Å². The molecule has 1 aliphatic carbocycles. The predicted octanol–water partition coefficient (Wildman–Crippen LogP) is 2.55. The number of aliphatic hydroxyl groups excluding tert-OH is 2. The number of carbonyl (C=O) groups excluding carboxylic acids is 1. The molecular formula is C19H26N2O4. The van der Waals surface area contributed by atoms with Crippen molar-refractivity contribution in [2.24, 2.45) is 0 Å². The van der Waals surface area contributed by atoms with Crippen LogP contribution < -0.4 is 5.32 Å². The van der Waals surface area contributed by atoms with Crippen molar-refractivity contribution in [1.82, 2.24) is 5.32 Å². The van der Waals surface area contributed by atoms with Crippen molar-refractivity contribution < 1.29 is 19.7 Å². The lowest BCUT2D eigenvalue weighted by atomic mass is 9.93. The molecule has 1 aliphatic rings. The molecular weight excluding hydrogens is 320 g/mol. The molecule has 136 valence electrons. The van der Waals surface area contributed by atoms with E-state index in [0.717, 1.165) is 18.4 Å². The van der Waals surface area contributed by atoms with Gasteiger partial charge in [-0.1, -0.05) is 24.3 Å². The standard InChI is InChI=1S/C19H26N2O4/c1-18(2,3)25-17(24)21-10-7-15(22)16(23)13-5-4-6-14(11-13)19(12-20)8-9-19/h4-6,11,15-16,22-23H,7-10H2,1-3H3,(H,21,24). The molecule has 0 bridgehead atoms. The lowest BCUT2D eigenvalue weighted by Gasteiger charge is -2.21. The summed E-state index contributed by atoms with van der Waals surface area (Å²) < 4.78 is 5.11. The summed E-state index contributed by atoms with van der Waals surface area (Å²) in [6.45, 7) is 5.50. The van der Waals surface area contributed by atoms with Gasteiger partial charge in [-0.05, 0) is 51.2 Å². The molecule has 0 spiro atoms. The summed E-state index contributed by atoms with van der Waals surface area (Å²) in [6, 6.07) is 9.50. The van der Waals surface area contributed by atoms with Crippen LogP contribution >= 0.6 is 0 Å². The number of carbonyl (C=O) groups is 1. The van der Waals surface area contributed by atoms with E-state index in [1.807, 2.05) is 6.07 Å². The first kappa shape index (κ1) is 19.2. The smallest absolute Gasteiger partial charge is 0.407 e. The van der Waals surface area contributed by atoms with Crippen molar-refractivity contribution in [3.05, 3.63) is 35.4 Å². The van der Waals surface area contributed by atoms with E-state index < -0.39 is 29.3 Å². The Morgan fingerprint density at radius 1 is 1.40 bits per heavy atom. The Kier molecular flexibility index (Phi) is 5.71. The van der Waals surface area contributed by atoms with E-state index in [0.29, 0.717) is 5.56 Å². The number of ether oxygens (including phenoxy) is 1. The number of alkyl carbamates (subject to hydrolysis) is 1. The summed E-state index contributed by atoms with van der Waals surface area (Å²) in [4.78, 5) is 11.6. The van der Waals surface area contributed by atoms with E-state index >= 15 is 0 Å². The van der Waals surface area contributed by atoms with Crippen LogP contribution in [0.2, 0.25) is 0 Å². The minimum Gasteiger partial charge on any atom is -0.444 e. The Labute approximate surface area is 148 Å². The van der Waals surface area contributed by atoms with Crippen molar-refractivity contribution in [3.63, 3.8) is 0 Å². The molecule has 0 aliphatic heterocycles. The van der Waals surface area contributed by atoms with Crippen LogP contribution in [0.15, 0.2) is 24.3 Å². The Hall–Kier alpha value is -2.10. The number of hydrogen-bond acceptors (Lipinski definition) is 5. The first-order chi connectivity index (χ1) is 11.7. The van der Waals surface area contributed by atoms with Crippen LogP contribution in [0.5, 0.6) is 0 Å². The fourth-order valence-electron chi connectivity index (χ4n) is 2.63. The van der Waals surface area contributed by atoms with E-state index in [1.54, 1.807) is 39.0 Å². The highest BCUT2D eigenvalue weighted by atomic mass is 16.6. The Morgan fingerprint density at radius 2 is 2.08 bits per heavy atom. The van der Waals surface area contributed by atoms with E-state index in [1.165, 1.54) is 0 Å². The minimum atomic E-state index is -1.07. The fraction of sp³-hybridized carbons (Fsp3) is 0.579. The van der Waals surface area contributed by atoms with Gasteiger partial charge in [0.1, 0.15) is 11.7 Å². The van der Waals surface area contributed by atoms with Gasteiger partial charge >= 0.3 is 6.09 Å². The Bertz CT molecular complexity index is 656. The summed E-state index contributed by atoms with van der Waals surface area (Å²) in [5, 5.41) is 32.4. The van der Waals surface area contributed by atoms with E-state index in [2.05, 4.69) is 11.4 Å². The SMILES string of the molecule is CC(C)(C)OC(=O)NCCC(O)C(O)c1cccc(C2(C#N)CC2)c1. The zero-order chi connectivity index (χ0) is 18.7. The average Bonchev–Trinajstić information content (AvgIpc) is 3.33. The van der Waals surface area contributed by atoms with Crippen LogP contribution in [0.3, 0.4) is 0 Å². The van der Waals surface area contributed by atoms with Crippen molar-refractivity contribution in [3.8, 4) is 6.07 Å². The average molecular weight is 346 g/mol. The first-order valence-electron chi connectivity index (χ1n) is 8.51. The first-order valence-corrected chi connectivity index (χ1v) is 8.51. The molecule has 2 rings (SSSR count). The highest BCUT2D eigenvalue weighted by Gasteiger charge is 2.45. The van der Waals surface area contributed by atoms with Gasteiger partial charge in [0.05, 0.1) is 17.6 Å². The lowest BCUT2D eigenvalue weighted by Crippen LogP contribution is -2.34.